The van der Waals surface area contributed by atoms with E-state index in [-0.39, 0.29) is 11.3 Å². The molecule has 0 spiro atoms. The third-order valence-electron chi connectivity index (χ3n) is 3.68. The summed E-state index contributed by atoms with van der Waals surface area (Å²) in [5.41, 5.74) is 9.17. The highest BCUT2D eigenvalue weighted by Gasteiger charge is 2.24. The van der Waals surface area contributed by atoms with Gasteiger partial charge in [0.05, 0.1) is 0 Å². The lowest BCUT2D eigenvalue weighted by Gasteiger charge is -2.31. The van der Waals surface area contributed by atoms with Crippen LogP contribution in [0.25, 0.3) is 0 Å². The first kappa shape index (κ1) is 13.9. The van der Waals surface area contributed by atoms with E-state index in [4.69, 9.17) is 5.73 Å². The molecule has 1 amide bonds. The van der Waals surface area contributed by atoms with Gasteiger partial charge in [-0.2, -0.15) is 0 Å². The average molecular weight is 260 g/mol. The molecule has 0 bridgehead atoms. The molecule has 104 valence electrons. The lowest BCUT2D eigenvalue weighted by molar-refractivity contribution is -0.119. The Labute approximate surface area is 115 Å². The number of nitrogen functional groups attached to an aromatic ring is 1. The average Bonchev–Trinajstić information content (AvgIpc) is 2.35. The molecule has 0 fully saturated rings. The molecule has 0 aromatic heterocycles. The Kier molecular flexibility index (Phi) is 3.83. The van der Waals surface area contributed by atoms with Gasteiger partial charge in [0.25, 0.3) is 0 Å². The van der Waals surface area contributed by atoms with Crippen molar-refractivity contribution < 1.29 is 4.79 Å². The standard InChI is InChI=1S/C16H24N2O/c1-16(2,3)10-9-15(19)18-11-5-6-12-13(17)7-4-8-14(12)18/h4,7-8H,5-6,9-11,17H2,1-3H3. The summed E-state index contributed by atoms with van der Waals surface area (Å²) in [5.74, 6) is 0.224. The summed E-state index contributed by atoms with van der Waals surface area (Å²) in [4.78, 5) is 14.3. The second-order valence-corrected chi connectivity index (χ2v) is 6.55. The van der Waals surface area contributed by atoms with Crippen molar-refractivity contribution in [3.05, 3.63) is 23.8 Å². The maximum atomic E-state index is 12.4. The Balaban J connectivity index is 2.15. The molecular weight excluding hydrogens is 236 g/mol. The Morgan fingerprint density at radius 2 is 2.11 bits per heavy atom. The molecule has 1 aliphatic rings. The summed E-state index contributed by atoms with van der Waals surface area (Å²) < 4.78 is 0. The number of benzene rings is 1. The van der Waals surface area contributed by atoms with Crippen LogP contribution in [-0.4, -0.2) is 12.5 Å². The maximum Gasteiger partial charge on any atom is 0.227 e. The van der Waals surface area contributed by atoms with Gasteiger partial charge in [0.2, 0.25) is 5.91 Å². The highest BCUT2D eigenvalue weighted by molar-refractivity contribution is 5.95. The zero-order valence-electron chi connectivity index (χ0n) is 12.2. The number of amides is 1. The molecule has 2 N–H and O–H groups in total. The first-order valence-electron chi connectivity index (χ1n) is 7.06. The van der Waals surface area contributed by atoms with E-state index in [0.717, 1.165) is 42.7 Å². The molecule has 3 nitrogen and oxygen atoms in total. The molecule has 19 heavy (non-hydrogen) atoms. The summed E-state index contributed by atoms with van der Waals surface area (Å²) in [6.45, 7) is 7.33. The minimum absolute atomic E-state index is 0.198. The molecule has 0 saturated carbocycles. The van der Waals surface area contributed by atoms with E-state index in [9.17, 15) is 4.79 Å². The van der Waals surface area contributed by atoms with E-state index in [2.05, 4.69) is 20.8 Å². The molecule has 1 aromatic carbocycles. The minimum atomic E-state index is 0.198. The summed E-state index contributed by atoms with van der Waals surface area (Å²) in [7, 11) is 0. The van der Waals surface area contributed by atoms with Gasteiger partial charge in [0.1, 0.15) is 0 Å². The molecule has 1 aromatic rings. The Morgan fingerprint density at radius 1 is 1.37 bits per heavy atom. The Hall–Kier alpha value is -1.51. The van der Waals surface area contributed by atoms with Crippen molar-refractivity contribution in [2.24, 2.45) is 5.41 Å². The number of anilines is 2. The predicted octanol–water partition coefficient (Wildman–Crippen LogP) is 3.37. The SMILES string of the molecule is CC(C)(C)CCC(=O)N1CCCc2c(N)cccc21. The first-order valence-corrected chi connectivity index (χ1v) is 7.06. The number of carbonyl (C=O) groups excluding carboxylic acids is 1. The molecule has 0 aliphatic carbocycles. The van der Waals surface area contributed by atoms with E-state index in [1.165, 1.54) is 0 Å². The fourth-order valence-electron chi connectivity index (χ4n) is 2.53. The molecule has 0 radical (unpaired) electrons. The van der Waals surface area contributed by atoms with E-state index in [1.54, 1.807) is 0 Å². The molecule has 2 rings (SSSR count). The molecule has 0 unspecified atom stereocenters. The van der Waals surface area contributed by atoms with Crippen molar-refractivity contribution in [3.63, 3.8) is 0 Å². The first-order chi connectivity index (χ1) is 8.88. The smallest absolute Gasteiger partial charge is 0.227 e. The lowest BCUT2D eigenvalue weighted by atomic mass is 9.90. The fraction of sp³-hybridized carbons (Fsp3) is 0.562. The van der Waals surface area contributed by atoms with Crippen LogP contribution >= 0.6 is 0 Å². The van der Waals surface area contributed by atoms with Crippen LogP contribution < -0.4 is 10.6 Å². The second-order valence-electron chi connectivity index (χ2n) is 6.55. The molecule has 1 heterocycles. The van der Waals surface area contributed by atoms with Crippen LogP contribution in [0.2, 0.25) is 0 Å². The largest absolute Gasteiger partial charge is 0.398 e. The van der Waals surface area contributed by atoms with Gasteiger partial charge < -0.3 is 10.6 Å². The van der Waals surface area contributed by atoms with Gasteiger partial charge in [-0.3, -0.25) is 4.79 Å². The van der Waals surface area contributed by atoms with Gasteiger partial charge in [-0.05, 0) is 42.4 Å². The summed E-state index contributed by atoms with van der Waals surface area (Å²) in [6, 6.07) is 5.87. The van der Waals surface area contributed by atoms with Crippen molar-refractivity contribution in [2.75, 3.05) is 17.2 Å². The van der Waals surface area contributed by atoms with Gasteiger partial charge >= 0.3 is 0 Å². The molecule has 0 atom stereocenters. The van der Waals surface area contributed by atoms with Crippen LogP contribution in [-0.2, 0) is 11.2 Å². The second kappa shape index (κ2) is 5.24. The van der Waals surface area contributed by atoms with Crippen molar-refractivity contribution in [1.82, 2.24) is 0 Å². The Bertz CT molecular complexity index is 474. The third-order valence-corrected chi connectivity index (χ3v) is 3.68. The van der Waals surface area contributed by atoms with Crippen molar-refractivity contribution in [3.8, 4) is 0 Å². The van der Waals surface area contributed by atoms with Gasteiger partial charge in [-0.1, -0.05) is 26.8 Å². The molecule has 1 aliphatic heterocycles. The number of hydrogen-bond donors (Lipinski definition) is 1. The van der Waals surface area contributed by atoms with Crippen molar-refractivity contribution >= 4 is 17.3 Å². The van der Waals surface area contributed by atoms with Gasteiger partial charge in [-0.25, -0.2) is 0 Å². The minimum Gasteiger partial charge on any atom is -0.398 e. The van der Waals surface area contributed by atoms with E-state index in [0.29, 0.717) is 6.42 Å². The monoisotopic (exact) mass is 260 g/mol. The lowest BCUT2D eigenvalue weighted by Crippen LogP contribution is -2.36. The quantitative estimate of drug-likeness (QED) is 0.829. The number of nitrogens with zero attached hydrogens (tertiary/aromatic N) is 1. The summed E-state index contributed by atoms with van der Waals surface area (Å²) >= 11 is 0. The van der Waals surface area contributed by atoms with Crippen LogP contribution in [0, 0.1) is 5.41 Å². The van der Waals surface area contributed by atoms with Crippen molar-refractivity contribution in [2.45, 2.75) is 46.5 Å². The molecule has 0 saturated heterocycles. The van der Waals surface area contributed by atoms with Gasteiger partial charge in [0.15, 0.2) is 0 Å². The van der Waals surface area contributed by atoms with E-state index in [1.807, 2.05) is 23.1 Å². The number of carbonyl (C=O) groups is 1. The maximum absolute atomic E-state index is 12.4. The van der Waals surface area contributed by atoms with Crippen LogP contribution in [0.1, 0.15) is 45.6 Å². The van der Waals surface area contributed by atoms with Crippen LogP contribution in [0.5, 0.6) is 0 Å². The third kappa shape index (κ3) is 3.28. The fourth-order valence-corrected chi connectivity index (χ4v) is 2.53. The molecule has 3 heteroatoms. The number of hydrogen-bond acceptors (Lipinski definition) is 2. The highest BCUT2D eigenvalue weighted by atomic mass is 16.2. The Morgan fingerprint density at radius 3 is 2.79 bits per heavy atom. The summed E-state index contributed by atoms with van der Waals surface area (Å²) in [5, 5.41) is 0. The predicted molar refractivity (Wildman–Crippen MR) is 80.2 cm³/mol. The van der Waals surface area contributed by atoms with Gasteiger partial charge in [0, 0.05) is 24.3 Å². The normalized spacial score (nSPS) is 15.2. The van der Waals surface area contributed by atoms with Gasteiger partial charge in [-0.15, -0.1) is 0 Å². The summed E-state index contributed by atoms with van der Waals surface area (Å²) in [6.07, 6.45) is 3.51. The van der Waals surface area contributed by atoms with Crippen LogP contribution in [0.4, 0.5) is 11.4 Å². The van der Waals surface area contributed by atoms with E-state index >= 15 is 0 Å². The zero-order chi connectivity index (χ0) is 14.0. The number of fused-ring (bicyclic) bond motifs is 1. The molecular formula is C16H24N2O. The topological polar surface area (TPSA) is 46.3 Å². The van der Waals surface area contributed by atoms with Crippen LogP contribution in [0.15, 0.2) is 18.2 Å². The number of nitrogens with two attached hydrogens (primary N) is 1. The van der Waals surface area contributed by atoms with E-state index < -0.39 is 0 Å². The van der Waals surface area contributed by atoms with Crippen molar-refractivity contribution in [1.29, 1.82) is 0 Å². The highest BCUT2D eigenvalue weighted by Crippen LogP contribution is 2.32. The van der Waals surface area contributed by atoms with Crippen LogP contribution in [0.3, 0.4) is 0 Å². The number of rotatable bonds is 2. The zero-order valence-corrected chi connectivity index (χ0v) is 12.2.